The fourth-order valence-corrected chi connectivity index (χ4v) is 3.38. The molecule has 1 saturated heterocycles. The second-order valence-corrected chi connectivity index (χ2v) is 5.90. The smallest absolute Gasteiger partial charge is 0.253 e. The molecule has 1 saturated carbocycles. The molecule has 1 aliphatic heterocycles. The van der Waals surface area contributed by atoms with E-state index in [9.17, 15) is 9.59 Å². The number of carbonyl (C=O) groups excluding carboxylic acids is 2. The van der Waals surface area contributed by atoms with Crippen molar-refractivity contribution in [2.24, 2.45) is 7.05 Å². The van der Waals surface area contributed by atoms with E-state index in [1.165, 1.54) is 0 Å². The number of nitrogens with zero attached hydrogens (tertiary/aromatic N) is 3. The van der Waals surface area contributed by atoms with Gasteiger partial charge in [-0.1, -0.05) is 12.8 Å². The van der Waals surface area contributed by atoms with E-state index >= 15 is 0 Å². The Morgan fingerprint density at radius 1 is 1.35 bits per heavy atom. The van der Waals surface area contributed by atoms with Crippen LogP contribution in [0, 0.1) is 6.92 Å². The molecule has 2 aliphatic rings. The maximum absolute atomic E-state index is 12.9. The fourth-order valence-electron chi connectivity index (χ4n) is 3.38. The summed E-state index contributed by atoms with van der Waals surface area (Å²) in [6.07, 6.45) is 5.26. The molecule has 1 N–H and O–H groups in total. The van der Waals surface area contributed by atoms with Gasteiger partial charge < -0.3 is 5.32 Å². The third kappa shape index (κ3) is 1.74. The summed E-state index contributed by atoms with van der Waals surface area (Å²) in [6, 6.07) is -0.489. The largest absolute Gasteiger partial charge is 0.340 e. The third-order valence-corrected chi connectivity index (χ3v) is 4.46. The van der Waals surface area contributed by atoms with E-state index < -0.39 is 11.6 Å². The van der Waals surface area contributed by atoms with E-state index in [1.54, 1.807) is 16.5 Å². The van der Waals surface area contributed by atoms with Gasteiger partial charge in [0.05, 0.1) is 11.4 Å². The first-order chi connectivity index (χ1) is 9.44. The summed E-state index contributed by atoms with van der Waals surface area (Å²) in [7, 11) is 1.82. The van der Waals surface area contributed by atoms with Crippen molar-refractivity contribution in [1.82, 2.24) is 15.1 Å². The van der Waals surface area contributed by atoms with E-state index in [1.807, 2.05) is 20.2 Å². The molecule has 0 aromatic carbocycles. The van der Waals surface area contributed by atoms with Crippen molar-refractivity contribution in [3.8, 4) is 0 Å². The first-order valence-electron chi connectivity index (χ1n) is 7.10. The zero-order valence-corrected chi connectivity index (χ0v) is 12.1. The molecule has 1 spiro atoms. The Bertz CT molecular complexity index is 572. The van der Waals surface area contributed by atoms with Crippen LogP contribution < -0.4 is 10.2 Å². The van der Waals surface area contributed by atoms with Crippen LogP contribution >= 0.6 is 0 Å². The van der Waals surface area contributed by atoms with E-state index in [-0.39, 0.29) is 11.8 Å². The second-order valence-electron chi connectivity index (χ2n) is 5.90. The van der Waals surface area contributed by atoms with Gasteiger partial charge in [0.2, 0.25) is 5.91 Å². The molecule has 1 unspecified atom stereocenters. The third-order valence-electron chi connectivity index (χ3n) is 4.46. The highest BCUT2D eigenvalue weighted by molar-refractivity contribution is 6.11. The van der Waals surface area contributed by atoms with Crippen molar-refractivity contribution in [1.29, 1.82) is 0 Å². The lowest BCUT2D eigenvalue weighted by molar-refractivity contribution is -0.137. The number of hydrogen-bond acceptors (Lipinski definition) is 3. The molecule has 0 radical (unpaired) electrons. The summed E-state index contributed by atoms with van der Waals surface area (Å²) in [5.41, 5.74) is 0.827. The summed E-state index contributed by atoms with van der Waals surface area (Å²) in [5, 5.41) is 7.25. The number of nitrogens with one attached hydrogen (secondary N) is 1. The van der Waals surface area contributed by atoms with Crippen LogP contribution in [0.25, 0.3) is 0 Å². The second kappa shape index (κ2) is 4.33. The van der Waals surface area contributed by atoms with Crippen molar-refractivity contribution in [2.75, 3.05) is 4.90 Å². The van der Waals surface area contributed by atoms with Crippen LogP contribution in [0.1, 0.15) is 38.3 Å². The molecular weight excluding hydrogens is 256 g/mol. The van der Waals surface area contributed by atoms with E-state index in [4.69, 9.17) is 0 Å². The number of rotatable bonds is 1. The van der Waals surface area contributed by atoms with Crippen LogP contribution in [-0.2, 0) is 16.6 Å². The number of aryl methyl sites for hydroxylation is 2. The molecule has 1 aromatic rings. The Labute approximate surface area is 118 Å². The number of aromatic nitrogens is 2. The molecule has 2 heterocycles. The van der Waals surface area contributed by atoms with Gasteiger partial charge in [0, 0.05) is 13.2 Å². The van der Waals surface area contributed by atoms with E-state index in [2.05, 4.69) is 10.4 Å². The van der Waals surface area contributed by atoms with Crippen LogP contribution in [-0.4, -0.2) is 33.2 Å². The molecule has 2 amide bonds. The summed E-state index contributed by atoms with van der Waals surface area (Å²) in [4.78, 5) is 26.8. The Hall–Kier alpha value is -1.85. The van der Waals surface area contributed by atoms with Crippen LogP contribution in [0.4, 0.5) is 5.69 Å². The zero-order valence-electron chi connectivity index (χ0n) is 12.1. The van der Waals surface area contributed by atoms with Gasteiger partial charge in [0.1, 0.15) is 11.6 Å². The summed E-state index contributed by atoms with van der Waals surface area (Å²) in [5.74, 6) is -0.0621. The Balaban J connectivity index is 2.05. The van der Waals surface area contributed by atoms with Crippen molar-refractivity contribution >= 4 is 17.5 Å². The van der Waals surface area contributed by atoms with Crippen molar-refractivity contribution < 1.29 is 9.59 Å². The molecule has 108 valence electrons. The molecule has 1 aliphatic carbocycles. The van der Waals surface area contributed by atoms with E-state index in [0.29, 0.717) is 0 Å². The van der Waals surface area contributed by atoms with Gasteiger partial charge in [0.15, 0.2) is 0 Å². The van der Waals surface area contributed by atoms with Gasteiger partial charge in [0.25, 0.3) is 5.91 Å². The number of amides is 2. The van der Waals surface area contributed by atoms with Crippen molar-refractivity contribution in [3.63, 3.8) is 0 Å². The predicted octanol–water partition coefficient (Wildman–Crippen LogP) is 0.893. The highest BCUT2D eigenvalue weighted by Crippen LogP contribution is 2.37. The molecule has 1 aromatic heterocycles. The lowest BCUT2D eigenvalue weighted by Crippen LogP contribution is -2.69. The first kappa shape index (κ1) is 13.1. The van der Waals surface area contributed by atoms with Crippen LogP contribution in [0.15, 0.2) is 6.20 Å². The van der Waals surface area contributed by atoms with Crippen molar-refractivity contribution in [2.45, 2.75) is 51.1 Å². The average Bonchev–Trinajstić information content (AvgIpc) is 2.96. The van der Waals surface area contributed by atoms with Crippen LogP contribution in [0.5, 0.6) is 0 Å². The van der Waals surface area contributed by atoms with Gasteiger partial charge in [-0.05, 0) is 26.7 Å². The summed E-state index contributed by atoms with van der Waals surface area (Å²) in [6.45, 7) is 3.63. The van der Waals surface area contributed by atoms with Gasteiger partial charge in [-0.25, -0.2) is 0 Å². The summed E-state index contributed by atoms with van der Waals surface area (Å²) >= 11 is 0. The zero-order chi connectivity index (χ0) is 14.5. The lowest BCUT2D eigenvalue weighted by atomic mass is 9.90. The predicted molar refractivity (Wildman–Crippen MR) is 74.2 cm³/mol. The standard InChI is InChI=1S/C14H20N4O2/c1-9-11(8-17(3)16-9)18-10(2)12(19)15-14(13(18)20)6-4-5-7-14/h8,10H,4-7H2,1-3H3,(H,15,19). The highest BCUT2D eigenvalue weighted by atomic mass is 16.2. The SMILES string of the molecule is Cc1nn(C)cc1N1C(=O)C2(CCCC2)NC(=O)C1C. The minimum absolute atomic E-state index is 0.0122. The number of piperazine rings is 1. The van der Waals surface area contributed by atoms with Gasteiger partial charge >= 0.3 is 0 Å². The highest BCUT2D eigenvalue weighted by Gasteiger charge is 2.51. The Kier molecular flexibility index (Phi) is 2.84. The molecule has 6 nitrogen and oxygen atoms in total. The molecule has 1 atom stereocenters. The Morgan fingerprint density at radius 2 is 2.00 bits per heavy atom. The normalized spacial score (nSPS) is 25.4. The van der Waals surface area contributed by atoms with Crippen LogP contribution in [0.3, 0.4) is 0 Å². The molecule has 2 fully saturated rings. The number of carbonyl (C=O) groups is 2. The first-order valence-corrected chi connectivity index (χ1v) is 7.10. The van der Waals surface area contributed by atoms with E-state index in [0.717, 1.165) is 37.1 Å². The minimum atomic E-state index is -0.689. The van der Waals surface area contributed by atoms with Gasteiger partial charge in [-0.3, -0.25) is 19.2 Å². The van der Waals surface area contributed by atoms with Gasteiger partial charge in [-0.2, -0.15) is 5.10 Å². The minimum Gasteiger partial charge on any atom is -0.340 e. The molecule has 6 heteroatoms. The lowest BCUT2D eigenvalue weighted by Gasteiger charge is -2.43. The molecule has 20 heavy (non-hydrogen) atoms. The summed E-state index contributed by atoms with van der Waals surface area (Å²) < 4.78 is 1.68. The fraction of sp³-hybridized carbons (Fsp3) is 0.643. The van der Waals surface area contributed by atoms with Crippen LogP contribution in [0.2, 0.25) is 0 Å². The molecular formula is C14H20N4O2. The molecule has 0 bridgehead atoms. The van der Waals surface area contributed by atoms with Crippen molar-refractivity contribution in [3.05, 3.63) is 11.9 Å². The molecule has 3 rings (SSSR count). The maximum Gasteiger partial charge on any atom is 0.253 e. The van der Waals surface area contributed by atoms with Gasteiger partial charge in [-0.15, -0.1) is 0 Å². The Morgan fingerprint density at radius 3 is 2.55 bits per heavy atom. The number of hydrogen-bond donors (Lipinski definition) is 1. The quantitative estimate of drug-likeness (QED) is 0.828. The number of anilines is 1. The maximum atomic E-state index is 12.9. The topological polar surface area (TPSA) is 67.2 Å². The monoisotopic (exact) mass is 276 g/mol. The average molecular weight is 276 g/mol.